The summed E-state index contributed by atoms with van der Waals surface area (Å²) in [5, 5.41) is 0. The Morgan fingerprint density at radius 2 is 2.00 bits per heavy atom. The number of rotatable bonds is 4. The van der Waals surface area contributed by atoms with E-state index in [9.17, 15) is 4.39 Å². The molecule has 17 heavy (non-hydrogen) atoms. The molecule has 0 saturated carbocycles. The van der Waals surface area contributed by atoms with Gasteiger partial charge in [0.2, 0.25) is 0 Å². The standard InChI is InChI=1S/C12H14ClFO3/c13-5-12-16-7-10(8-17-12)15-6-9-3-1-2-4-11(9)14/h1-4,10,12H,5-8H2. The molecule has 1 aliphatic rings. The molecule has 1 aliphatic heterocycles. The first kappa shape index (κ1) is 12.8. The first-order chi connectivity index (χ1) is 8.29. The molecule has 5 heteroatoms. The molecule has 0 spiro atoms. The van der Waals surface area contributed by atoms with Crippen LogP contribution in [0.3, 0.4) is 0 Å². The van der Waals surface area contributed by atoms with Crippen LogP contribution in [0.15, 0.2) is 24.3 Å². The van der Waals surface area contributed by atoms with Crippen molar-refractivity contribution in [3.8, 4) is 0 Å². The summed E-state index contributed by atoms with van der Waals surface area (Å²) in [5.74, 6) is 0.0452. The molecule has 1 saturated heterocycles. The monoisotopic (exact) mass is 260 g/mol. The summed E-state index contributed by atoms with van der Waals surface area (Å²) in [7, 11) is 0. The van der Waals surface area contributed by atoms with Crippen molar-refractivity contribution in [1.29, 1.82) is 0 Å². The van der Waals surface area contributed by atoms with Gasteiger partial charge in [0.05, 0.1) is 25.7 Å². The molecule has 1 aromatic rings. The predicted octanol–water partition coefficient (Wildman–Crippen LogP) is 2.32. The number of halogens is 2. The van der Waals surface area contributed by atoms with Gasteiger partial charge in [0.15, 0.2) is 6.29 Å². The van der Waals surface area contributed by atoms with E-state index in [4.69, 9.17) is 25.8 Å². The molecule has 0 N–H and O–H groups in total. The quantitative estimate of drug-likeness (QED) is 0.778. The van der Waals surface area contributed by atoms with Crippen molar-refractivity contribution < 1.29 is 18.6 Å². The van der Waals surface area contributed by atoms with Gasteiger partial charge < -0.3 is 14.2 Å². The van der Waals surface area contributed by atoms with E-state index in [1.807, 2.05) is 0 Å². The van der Waals surface area contributed by atoms with Crippen molar-refractivity contribution in [1.82, 2.24) is 0 Å². The van der Waals surface area contributed by atoms with E-state index in [2.05, 4.69) is 0 Å². The zero-order valence-electron chi connectivity index (χ0n) is 9.27. The topological polar surface area (TPSA) is 27.7 Å². The van der Waals surface area contributed by atoms with E-state index in [1.54, 1.807) is 18.2 Å². The molecule has 0 bridgehead atoms. The number of hydrogen-bond donors (Lipinski definition) is 0. The molecule has 1 heterocycles. The first-order valence-corrected chi connectivity index (χ1v) is 5.97. The zero-order valence-corrected chi connectivity index (χ0v) is 10.0. The molecule has 94 valence electrons. The summed E-state index contributed by atoms with van der Waals surface area (Å²) in [6.07, 6.45) is -0.529. The van der Waals surface area contributed by atoms with Crippen molar-refractivity contribution in [2.75, 3.05) is 19.1 Å². The van der Waals surface area contributed by atoms with Crippen molar-refractivity contribution in [2.45, 2.75) is 19.0 Å². The summed E-state index contributed by atoms with van der Waals surface area (Å²) >= 11 is 5.58. The third-order valence-electron chi connectivity index (χ3n) is 2.49. The molecule has 0 atom stereocenters. The lowest BCUT2D eigenvalue weighted by molar-refractivity contribution is -0.218. The third kappa shape index (κ3) is 3.64. The van der Waals surface area contributed by atoms with Crippen molar-refractivity contribution in [3.63, 3.8) is 0 Å². The minimum absolute atomic E-state index is 0.172. The summed E-state index contributed by atoms with van der Waals surface area (Å²) in [6.45, 7) is 1.06. The van der Waals surface area contributed by atoms with Gasteiger partial charge >= 0.3 is 0 Å². The van der Waals surface area contributed by atoms with Crippen LogP contribution in [-0.2, 0) is 20.8 Å². The van der Waals surface area contributed by atoms with Gasteiger partial charge in [-0.05, 0) is 6.07 Å². The Morgan fingerprint density at radius 3 is 2.65 bits per heavy atom. The minimum atomic E-state index is -0.357. The van der Waals surface area contributed by atoms with Gasteiger partial charge in [0.25, 0.3) is 0 Å². The van der Waals surface area contributed by atoms with E-state index in [0.29, 0.717) is 24.7 Å². The third-order valence-corrected chi connectivity index (χ3v) is 2.75. The number of benzene rings is 1. The summed E-state index contributed by atoms with van der Waals surface area (Å²) < 4.78 is 29.4. The van der Waals surface area contributed by atoms with Crippen molar-refractivity contribution in [3.05, 3.63) is 35.6 Å². The van der Waals surface area contributed by atoms with E-state index in [0.717, 1.165) is 0 Å². The van der Waals surface area contributed by atoms with Crippen LogP contribution in [0.5, 0.6) is 0 Å². The lowest BCUT2D eigenvalue weighted by atomic mass is 10.2. The van der Waals surface area contributed by atoms with Gasteiger partial charge in [0.1, 0.15) is 11.9 Å². The predicted molar refractivity (Wildman–Crippen MR) is 61.4 cm³/mol. The Morgan fingerprint density at radius 1 is 1.29 bits per heavy atom. The largest absolute Gasteiger partial charge is 0.369 e. The van der Waals surface area contributed by atoms with E-state index in [1.165, 1.54) is 6.07 Å². The lowest BCUT2D eigenvalue weighted by Gasteiger charge is -2.28. The highest BCUT2D eigenvalue weighted by Gasteiger charge is 2.22. The summed E-state index contributed by atoms with van der Waals surface area (Å²) in [5.41, 5.74) is 0.534. The maximum atomic E-state index is 13.3. The van der Waals surface area contributed by atoms with Crippen LogP contribution in [0.2, 0.25) is 0 Å². The molecular weight excluding hydrogens is 247 g/mol. The van der Waals surface area contributed by atoms with Gasteiger partial charge in [-0.25, -0.2) is 4.39 Å². The van der Waals surface area contributed by atoms with Gasteiger partial charge in [-0.15, -0.1) is 11.6 Å². The maximum Gasteiger partial charge on any atom is 0.171 e. The second-order valence-corrected chi connectivity index (χ2v) is 4.08. The maximum absolute atomic E-state index is 13.3. The highest BCUT2D eigenvalue weighted by atomic mass is 35.5. The summed E-state index contributed by atoms with van der Waals surface area (Å²) in [6, 6.07) is 6.54. The number of alkyl halides is 1. The fourth-order valence-electron chi connectivity index (χ4n) is 1.53. The van der Waals surface area contributed by atoms with Gasteiger partial charge in [-0.1, -0.05) is 18.2 Å². The normalized spacial score (nSPS) is 24.8. The molecule has 0 aromatic heterocycles. The number of ether oxygens (including phenoxy) is 3. The Bertz CT molecular complexity index is 353. The van der Waals surface area contributed by atoms with Crippen LogP contribution in [0.1, 0.15) is 5.56 Å². The molecule has 1 fully saturated rings. The molecule has 3 nitrogen and oxygen atoms in total. The molecule has 0 radical (unpaired) electrons. The van der Waals surface area contributed by atoms with Crippen LogP contribution in [0, 0.1) is 5.82 Å². The highest BCUT2D eigenvalue weighted by molar-refractivity contribution is 6.18. The van der Waals surface area contributed by atoms with E-state index >= 15 is 0 Å². The second kappa shape index (κ2) is 6.31. The minimum Gasteiger partial charge on any atom is -0.369 e. The van der Waals surface area contributed by atoms with Crippen LogP contribution in [0.4, 0.5) is 4.39 Å². The molecular formula is C12H14ClFO3. The first-order valence-electron chi connectivity index (χ1n) is 5.44. The highest BCUT2D eigenvalue weighted by Crippen LogP contribution is 2.13. The molecule has 1 aromatic carbocycles. The van der Waals surface area contributed by atoms with Crippen molar-refractivity contribution >= 4 is 11.6 Å². The van der Waals surface area contributed by atoms with E-state index in [-0.39, 0.29) is 24.8 Å². The Balaban J connectivity index is 1.78. The van der Waals surface area contributed by atoms with Gasteiger partial charge in [-0.2, -0.15) is 0 Å². The molecule has 0 aliphatic carbocycles. The fourth-order valence-corrected chi connectivity index (χ4v) is 1.71. The Labute approximate surface area is 104 Å². The Hall–Kier alpha value is -0.680. The van der Waals surface area contributed by atoms with Crippen molar-refractivity contribution in [2.24, 2.45) is 0 Å². The average Bonchev–Trinajstić information content (AvgIpc) is 2.38. The van der Waals surface area contributed by atoms with E-state index < -0.39 is 0 Å². The lowest BCUT2D eigenvalue weighted by Crippen LogP contribution is -2.38. The molecule has 2 rings (SSSR count). The Kier molecular flexibility index (Phi) is 4.74. The average molecular weight is 261 g/mol. The van der Waals surface area contributed by atoms with Crippen LogP contribution < -0.4 is 0 Å². The van der Waals surface area contributed by atoms with Crippen LogP contribution >= 0.6 is 11.6 Å². The summed E-state index contributed by atoms with van der Waals surface area (Å²) in [4.78, 5) is 0. The second-order valence-electron chi connectivity index (χ2n) is 3.77. The zero-order chi connectivity index (χ0) is 12.1. The SMILES string of the molecule is Fc1ccccc1COC1COC(CCl)OC1. The molecule has 0 unspecified atom stereocenters. The van der Waals surface area contributed by atoms with Crippen LogP contribution in [-0.4, -0.2) is 31.5 Å². The molecule has 0 amide bonds. The smallest absolute Gasteiger partial charge is 0.171 e. The van der Waals surface area contributed by atoms with Gasteiger partial charge in [0, 0.05) is 5.56 Å². The number of hydrogen-bond acceptors (Lipinski definition) is 3. The van der Waals surface area contributed by atoms with Crippen LogP contribution in [0.25, 0.3) is 0 Å². The fraction of sp³-hybridized carbons (Fsp3) is 0.500. The van der Waals surface area contributed by atoms with Gasteiger partial charge in [-0.3, -0.25) is 0 Å².